The lowest BCUT2D eigenvalue weighted by molar-refractivity contribution is 0.0775. The van der Waals surface area contributed by atoms with E-state index in [2.05, 4.69) is 0 Å². The number of hydrogen-bond donors (Lipinski definition) is 0. The Morgan fingerprint density at radius 1 is 1.33 bits per heavy atom. The van der Waals surface area contributed by atoms with Crippen molar-refractivity contribution in [1.82, 2.24) is 4.90 Å². The van der Waals surface area contributed by atoms with Gasteiger partial charge in [0, 0.05) is 13.6 Å². The van der Waals surface area contributed by atoms with Gasteiger partial charge < -0.3 is 14.4 Å². The number of benzene rings is 1. The van der Waals surface area contributed by atoms with Gasteiger partial charge in [0.1, 0.15) is 0 Å². The highest BCUT2D eigenvalue weighted by atomic mass is 16.7. The summed E-state index contributed by atoms with van der Waals surface area (Å²) in [5.74, 6) is 1.32. The van der Waals surface area contributed by atoms with Gasteiger partial charge in [-0.2, -0.15) is 0 Å². The Bertz CT molecular complexity index is 442. The molecule has 0 atom stereocenters. The maximum absolute atomic E-state index is 12.0. The number of rotatable bonds is 0. The van der Waals surface area contributed by atoms with Crippen LogP contribution in [0.15, 0.2) is 12.1 Å². The van der Waals surface area contributed by atoms with Crippen LogP contribution >= 0.6 is 0 Å². The van der Waals surface area contributed by atoms with Gasteiger partial charge in [0.05, 0.1) is 5.56 Å². The van der Waals surface area contributed by atoms with Gasteiger partial charge in [0.25, 0.3) is 5.91 Å². The second-order valence-electron chi connectivity index (χ2n) is 3.81. The van der Waals surface area contributed by atoms with Crippen LogP contribution in [0.4, 0.5) is 0 Å². The Labute approximate surface area is 87.4 Å². The lowest BCUT2D eigenvalue weighted by Gasteiger charge is -2.25. The molecule has 1 amide bonds. The number of hydrogen-bond acceptors (Lipinski definition) is 3. The number of nitrogens with zero attached hydrogens (tertiary/aromatic N) is 1. The van der Waals surface area contributed by atoms with Crippen LogP contribution < -0.4 is 9.47 Å². The highest BCUT2D eigenvalue weighted by Gasteiger charge is 2.30. The zero-order valence-electron chi connectivity index (χ0n) is 8.45. The van der Waals surface area contributed by atoms with Crippen molar-refractivity contribution in [3.8, 4) is 11.5 Å². The zero-order valence-corrected chi connectivity index (χ0v) is 8.45. The van der Waals surface area contributed by atoms with E-state index in [4.69, 9.17) is 9.47 Å². The summed E-state index contributed by atoms with van der Waals surface area (Å²) < 4.78 is 10.6. The van der Waals surface area contributed by atoms with Crippen LogP contribution in [-0.2, 0) is 6.42 Å². The summed E-state index contributed by atoms with van der Waals surface area (Å²) in [5.41, 5.74) is 1.74. The van der Waals surface area contributed by atoms with Crippen molar-refractivity contribution in [2.45, 2.75) is 6.42 Å². The van der Waals surface area contributed by atoms with Crippen molar-refractivity contribution in [3.63, 3.8) is 0 Å². The van der Waals surface area contributed by atoms with Crippen LogP contribution in [0.2, 0.25) is 0 Å². The number of fused-ring (bicyclic) bond motifs is 3. The molecule has 0 fully saturated rings. The van der Waals surface area contributed by atoms with Crippen molar-refractivity contribution in [2.75, 3.05) is 20.4 Å². The summed E-state index contributed by atoms with van der Waals surface area (Å²) in [6.45, 7) is 0.980. The molecule has 0 spiro atoms. The molecule has 2 heterocycles. The minimum absolute atomic E-state index is 0.0265. The standard InChI is InChI=1S/C11H11NO3/c1-12-5-4-7-2-3-8-10(15-6-14-8)9(7)11(12)13/h2-3H,4-6H2,1H3. The van der Waals surface area contributed by atoms with E-state index in [1.165, 1.54) is 0 Å². The Morgan fingerprint density at radius 2 is 2.20 bits per heavy atom. The van der Waals surface area contributed by atoms with Crippen molar-refractivity contribution < 1.29 is 14.3 Å². The molecule has 0 aliphatic carbocycles. The van der Waals surface area contributed by atoms with Gasteiger partial charge in [0.2, 0.25) is 6.79 Å². The maximum Gasteiger partial charge on any atom is 0.257 e. The van der Waals surface area contributed by atoms with Crippen molar-refractivity contribution in [3.05, 3.63) is 23.3 Å². The maximum atomic E-state index is 12.0. The van der Waals surface area contributed by atoms with E-state index in [9.17, 15) is 4.79 Å². The Morgan fingerprint density at radius 3 is 3.07 bits per heavy atom. The molecule has 78 valence electrons. The van der Waals surface area contributed by atoms with Crippen LogP contribution in [0.1, 0.15) is 15.9 Å². The molecule has 0 unspecified atom stereocenters. The first kappa shape index (κ1) is 8.59. The molecule has 4 nitrogen and oxygen atoms in total. The van der Waals surface area contributed by atoms with Crippen LogP contribution in [0.5, 0.6) is 11.5 Å². The van der Waals surface area contributed by atoms with Crippen molar-refractivity contribution in [2.24, 2.45) is 0 Å². The van der Waals surface area contributed by atoms with Gasteiger partial charge in [0.15, 0.2) is 11.5 Å². The predicted molar refractivity (Wildman–Crippen MR) is 53.2 cm³/mol. The normalized spacial score (nSPS) is 17.9. The first-order chi connectivity index (χ1) is 7.27. The van der Waals surface area contributed by atoms with E-state index in [0.29, 0.717) is 17.1 Å². The summed E-state index contributed by atoms with van der Waals surface area (Å²) in [6.07, 6.45) is 0.883. The molecular weight excluding hydrogens is 194 g/mol. The van der Waals surface area contributed by atoms with E-state index in [-0.39, 0.29) is 12.7 Å². The smallest absolute Gasteiger partial charge is 0.257 e. The van der Waals surface area contributed by atoms with Crippen molar-refractivity contribution in [1.29, 1.82) is 0 Å². The second-order valence-corrected chi connectivity index (χ2v) is 3.81. The van der Waals surface area contributed by atoms with Crippen LogP contribution in [0, 0.1) is 0 Å². The molecule has 3 rings (SSSR count). The van der Waals surface area contributed by atoms with E-state index >= 15 is 0 Å². The summed E-state index contributed by atoms with van der Waals surface area (Å²) in [5, 5.41) is 0. The van der Waals surface area contributed by atoms with E-state index in [1.807, 2.05) is 12.1 Å². The van der Waals surface area contributed by atoms with E-state index < -0.39 is 0 Å². The molecule has 0 radical (unpaired) electrons. The van der Waals surface area contributed by atoms with Gasteiger partial charge in [-0.25, -0.2) is 0 Å². The van der Waals surface area contributed by atoms with Crippen LogP contribution in [0.25, 0.3) is 0 Å². The first-order valence-electron chi connectivity index (χ1n) is 4.94. The molecule has 1 aromatic rings. The minimum Gasteiger partial charge on any atom is -0.454 e. The average Bonchev–Trinajstić information content (AvgIpc) is 2.70. The summed E-state index contributed by atoms with van der Waals surface area (Å²) in [4.78, 5) is 13.7. The van der Waals surface area contributed by atoms with Crippen LogP contribution in [-0.4, -0.2) is 31.2 Å². The van der Waals surface area contributed by atoms with E-state index in [1.54, 1.807) is 11.9 Å². The zero-order chi connectivity index (χ0) is 10.4. The summed E-state index contributed by atoms with van der Waals surface area (Å²) >= 11 is 0. The van der Waals surface area contributed by atoms with Gasteiger partial charge in [-0.05, 0) is 18.1 Å². The number of amides is 1. The third-order valence-electron chi connectivity index (χ3n) is 2.90. The third-order valence-corrected chi connectivity index (χ3v) is 2.90. The lowest BCUT2D eigenvalue weighted by Crippen LogP contribution is -2.34. The van der Waals surface area contributed by atoms with Gasteiger partial charge >= 0.3 is 0 Å². The fourth-order valence-corrected chi connectivity index (χ4v) is 2.04. The van der Waals surface area contributed by atoms with Gasteiger partial charge in [-0.15, -0.1) is 0 Å². The molecule has 0 saturated carbocycles. The van der Waals surface area contributed by atoms with E-state index in [0.717, 1.165) is 18.5 Å². The number of likely N-dealkylation sites (N-methyl/N-ethyl adjacent to an activating group) is 1. The average molecular weight is 205 g/mol. The molecule has 4 heteroatoms. The topological polar surface area (TPSA) is 38.8 Å². The molecule has 0 N–H and O–H groups in total. The third kappa shape index (κ3) is 1.11. The molecule has 15 heavy (non-hydrogen) atoms. The van der Waals surface area contributed by atoms with Gasteiger partial charge in [-0.1, -0.05) is 6.07 Å². The SMILES string of the molecule is CN1CCc2ccc3c(c2C1=O)OCO3. The quantitative estimate of drug-likeness (QED) is 0.635. The highest BCUT2D eigenvalue weighted by molar-refractivity contribution is 6.00. The molecular formula is C11H11NO3. The fourth-order valence-electron chi connectivity index (χ4n) is 2.04. The highest BCUT2D eigenvalue weighted by Crippen LogP contribution is 2.39. The fraction of sp³-hybridized carbons (Fsp3) is 0.364. The largest absolute Gasteiger partial charge is 0.454 e. The Kier molecular flexibility index (Phi) is 1.65. The Hall–Kier alpha value is -1.71. The van der Waals surface area contributed by atoms with Gasteiger partial charge in [-0.3, -0.25) is 4.79 Å². The van der Waals surface area contributed by atoms with Crippen LogP contribution in [0.3, 0.4) is 0 Å². The molecule has 0 aromatic heterocycles. The predicted octanol–water partition coefficient (Wildman–Crippen LogP) is 1.04. The number of ether oxygens (including phenoxy) is 2. The number of carbonyl (C=O) groups is 1. The molecule has 0 bridgehead atoms. The lowest BCUT2D eigenvalue weighted by atomic mass is 9.98. The molecule has 2 aliphatic heterocycles. The second kappa shape index (κ2) is 2.89. The Balaban J connectivity index is 2.21. The summed E-state index contributed by atoms with van der Waals surface area (Å²) in [6, 6.07) is 3.83. The summed E-state index contributed by atoms with van der Waals surface area (Å²) in [7, 11) is 1.81. The number of carbonyl (C=O) groups excluding carboxylic acids is 1. The van der Waals surface area contributed by atoms with Crippen molar-refractivity contribution >= 4 is 5.91 Å². The molecule has 1 aromatic carbocycles. The monoisotopic (exact) mass is 205 g/mol. The first-order valence-corrected chi connectivity index (χ1v) is 4.94. The molecule has 0 saturated heterocycles. The molecule has 2 aliphatic rings. The minimum atomic E-state index is 0.0265.